The molecular weight excluding hydrogens is 176 g/mol. The Hall–Kier alpha value is -0.0900. The molecule has 5 atom stereocenters. The fourth-order valence-corrected chi connectivity index (χ4v) is 5.77. The highest BCUT2D eigenvalue weighted by Gasteiger charge is 2.83. The third kappa shape index (κ3) is 0.494. The first-order valence-electron chi connectivity index (χ1n) is 4.36. The van der Waals surface area contributed by atoms with Crippen LogP contribution in [0.5, 0.6) is 0 Å². The summed E-state index contributed by atoms with van der Waals surface area (Å²) in [4.78, 5) is 0. The Kier molecular flexibility index (Phi) is 0.974. The van der Waals surface area contributed by atoms with Crippen molar-refractivity contribution in [1.29, 1.82) is 0 Å². The van der Waals surface area contributed by atoms with Crippen LogP contribution in [0.2, 0.25) is 0 Å². The van der Waals surface area contributed by atoms with Crippen molar-refractivity contribution in [2.45, 2.75) is 23.7 Å². The molecule has 12 heavy (non-hydrogen) atoms. The highest BCUT2D eigenvalue weighted by Crippen LogP contribution is 2.76. The summed E-state index contributed by atoms with van der Waals surface area (Å²) in [6.45, 7) is 0. The molecule has 0 unspecified atom stereocenters. The van der Waals surface area contributed by atoms with E-state index in [0.717, 1.165) is 12.8 Å². The average Bonchev–Trinajstić information content (AvgIpc) is 2.25. The van der Waals surface area contributed by atoms with Gasteiger partial charge in [-0.05, 0) is 24.7 Å². The number of rotatable bonds is 1. The standard InChI is InChI=1S/C8H12O3S/c1-12(10,11)8-3-4-2-5(8)6(8)7(4)9/h4-7,9H,2-3H2,1H3/t4-,5-,6-,7-,8+/m0/s1. The molecule has 4 rings (SSSR count). The van der Waals surface area contributed by atoms with Crippen molar-refractivity contribution < 1.29 is 13.5 Å². The Morgan fingerprint density at radius 1 is 1.50 bits per heavy atom. The summed E-state index contributed by atoms with van der Waals surface area (Å²) in [6.07, 6.45) is 2.67. The summed E-state index contributed by atoms with van der Waals surface area (Å²) in [5.41, 5.74) is 0. The minimum absolute atomic E-state index is 0.0949. The molecule has 0 saturated heterocycles. The first-order chi connectivity index (χ1) is 5.48. The summed E-state index contributed by atoms with van der Waals surface area (Å²) < 4.78 is 22.5. The lowest BCUT2D eigenvalue weighted by atomic mass is 10.1. The molecule has 4 fully saturated rings. The van der Waals surface area contributed by atoms with E-state index in [1.54, 1.807) is 0 Å². The van der Waals surface area contributed by atoms with Gasteiger partial charge in [-0.2, -0.15) is 0 Å². The van der Waals surface area contributed by atoms with Crippen molar-refractivity contribution in [1.82, 2.24) is 0 Å². The van der Waals surface area contributed by atoms with Crippen LogP contribution in [-0.4, -0.2) is 30.6 Å². The Morgan fingerprint density at radius 2 is 2.17 bits per heavy atom. The molecule has 0 aromatic carbocycles. The van der Waals surface area contributed by atoms with E-state index in [0.29, 0.717) is 5.92 Å². The Morgan fingerprint density at radius 3 is 2.33 bits per heavy atom. The van der Waals surface area contributed by atoms with Crippen LogP contribution in [0.3, 0.4) is 0 Å². The highest BCUT2D eigenvalue weighted by molar-refractivity contribution is 7.92. The van der Waals surface area contributed by atoms with E-state index in [1.165, 1.54) is 6.26 Å². The molecular formula is C8H12O3S. The largest absolute Gasteiger partial charge is 0.392 e. The molecule has 0 radical (unpaired) electrons. The van der Waals surface area contributed by atoms with Gasteiger partial charge in [0.25, 0.3) is 0 Å². The normalized spacial score (nSPS) is 60.8. The van der Waals surface area contributed by atoms with E-state index in [1.807, 2.05) is 0 Å². The topological polar surface area (TPSA) is 54.4 Å². The molecule has 0 aromatic heterocycles. The van der Waals surface area contributed by atoms with Crippen molar-refractivity contribution in [3.63, 3.8) is 0 Å². The Bertz CT molecular complexity index is 347. The molecule has 4 saturated carbocycles. The van der Waals surface area contributed by atoms with E-state index in [9.17, 15) is 13.5 Å². The minimum atomic E-state index is -2.93. The number of sulfone groups is 1. The average molecular weight is 188 g/mol. The lowest BCUT2D eigenvalue weighted by Crippen LogP contribution is -2.22. The van der Waals surface area contributed by atoms with Crippen molar-refractivity contribution >= 4 is 9.84 Å². The summed E-state index contributed by atoms with van der Waals surface area (Å²) in [5.74, 6) is 0.680. The fraction of sp³-hybridized carbons (Fsp3) is 1.00. The van der Waals surface area contributed by atoms with Gasteiger partial charge in [-0.25, -0.2) is 8.42 Å². The van der Waals surface area contributed by atoms with Crippen LogP contribution in [0.1, 0.15) is 12.8 Å². The van der Waals surface area contributed by atoms with E-state index in [4.69, 9.17) is 0 Å². The molecule has 4 bridgehead atoms. The third-order valence-electron chi connectivity index (χ3n) is 4.20. The number of aliphatic hydroxyl groups is 1. The van der Waals surface area contributed by atoms with Crippen molar-refractivity contribution in [3.05, 3.63) is 0 Å². The van der Waals surface area contributed by atoms with Gasteiger partial charge in [0.1, 0.15) is 0 Å². The lowest BCUT2D eigenvalue weighted by Gasteiger charge is -2.06. The Labute approximate surface area is 71.7 Å². The van der Waals surface area contributed by atoms with Gasteiger partial charge < -0.3 is 5.11 Å². The monoisotopic (exact) mass is 188 g/mol. The predicted molar refractivity (Wildman–Crippen MR) is 43.3 cm³/mol. The van der Waals surface area contributed by atoms with E-state index < -0.39 is 14.6 Å². The molecule has 0 spiro atoms. The van der Waals surface area contributed by atoms with Gasteiger partial charge in [0.15, 0.2) is 9.84 Å². The maximum Gasteiger partial charge on any atom is 0.153 e. The maximum absolute atomic E-state index is 11.5. The van der Waals surface area contributed by atoms with Crippen LogP contribution in [0.4, 0.5) is 0 Å². The van der Waals surface area contributed by atoms with Gasteiger partial charge in [-0.3, -0.25) is 0 Å². The molecule has 4 aliphatic carbocycles. The van der Waals surface area contributed by atoms with Gasteiger partial charge in [0, 0.05) is 12.2 Å². The molecule has 3 nitrogen and oxygen atoms in total. The smallest absolute Gasteiger partial charge is 0.153 e. The zero-order valence-electron chi connectivity index (χ0n) is 6.90. The second-order valence-electron chi connectivity index (χ2n) is 4.55. The number of hydrogen-bond donors (Lipinski definition) is 1. The third-order valence-corrected chi connectivity index (χ3v) is 6.32. The number of aliphatic hydroxyl groups excluding tert-OH is 1. The molecule has 68 valence electrons. The minimum Gasteiger partial charge on any atom is -0.392 e. The van der Waals surface area contributed by atoms with Gasteiger partial charge in [0.05, 0.1) is 10.9 Å². The first-order valence-corrected chi connectivity index (χ1v) is 6.25. The summed E-state index contributed by atoms with van der Waals surface area (Å²) in [7, 11) is -2.93. The molecule has 0 aromatic rings. The van der Waals surface area contributed by atoms with Gasteiger partial charge in [0.2, 0.25) is 0 Å². The zero-order valence-corrected chi connectivity index (χ0v) is 7.71. The second-order valence-corrected chi connectivity index (χ2v) is 6.85. The molecule has 4 heteroatoms. The predicted octanol–water partition coefficient (Wildman–Crippen LogP) is -0.200. The lowest BCUT2D eigenvalue weighted by molar-refractivity contribution is 0.135. The van der Waals surface area contributed by atoms with Crippen LogP contribution in [0.15, 0.2) is 0 Å². The van der Waals surface area contributed by atoms with Crippen LogP contribution in [0.25, 0.3) is 0 Å². The molecule has 1 N–H and O–H groups in total. The van der Waals surface area contributed by atoms with E-state index >= 15 is 0 Å². The molecule has 0 amide bonds. The van der Waals surface area contributed by atoms with E-state index in [-0.39, 0.29) is 17.9 Å². The zero-order chi connectivity index (χ0) is 8.72. The van der Waals surface area contributed by atoms with Gasteiger partial charge in [-0.1, -0.05) is 0 Å². The molecule has 4 aliphatic rings. The summed E-state index contributed by atoms with van der Waals surface area (Å²) in [6, 6.07) is 0. The van der Waals surface area contributed by atoms with E-state index in [2.05, 4.69) is 0 Å². The maximum atomic E-state index is 11.5. The molecule has 0 heterocycles. The Balaban J connectivity index is 2.12. The van der Waals surface area contributed by atoms with Crippen molar-refractivity contribution in [2.75, 3.05) is 6.26 Å². The van der Waals surface area contributed by atoms with Crippen LogP contribution < -0.4 is 0 Å². The van der Waals surface area contributed by atoms with Crippen LogP contribution >= 0.6 is 0 Å². The van der Waals surface area contributed by atoms with Crippen LogP contribution in [-0.2, 0) is 9.84 Å². The second kappa shape index (κ2) is 1.60. The first kappa shape index (κ1) is 7.33. The summed E-state index contributed by atoms with van der Waals surface area (Å²) >= 11 is 0. The van der Waals surface area contributed by atoms with Gasteiger partial charge >= 0.3 is 0 Å². The SMILES string of the molecule is CS(=O)(=O)[C@]12C[C@@H]3C[C@H]1[C@H]2[C@H]3O. The molecule has 0 aliphatic heterocycles. The van der Waals surface area contributed by atoms with Crippen LogP contribution in [0, 0.1) is 17.8 Å². The number of hydrogen-bond acceptors (Lipinski definition) is 3. The van der Waals surface area contributed by atoms with Gasteiger partial charge in [-0.15, -0.1) is 0 Å². The van der Waals surface area contributed by atoms with Crippen molar-refractivity contribution in [3.8, 4) is 0 Å². The quantitative estimate of drug-likeness (QED) is 0.620. The fourth-order valence-electron chi connectivity index (χ4n) is 3.73. The van der Waals surface area contributed by atoms with Crippen molar-refractivity contribution in [2.24, 2.45) is 17.8 Å². The highest BCUT2D eigenvalue weighted by atomic mass is 32.2. The summed E-state index contributed by atoms with van der Waals surface area (Å²) in [5, 5.41) is 9.61.